The van der Waals surface area contributed by atoms with Crippen molar-refractivity contribution >= 4 is 31.9 Å². The second-order valence-corrected chi connectivity index (χ2v) is 2.90. The van der Waals surface area contributed by atoms with Crippen LogP contribution in [0.5, 0.6) is 6.01 Å². The number of imidazole rings is 1. The summed E-state index contributed by atoms with van der Waals surface area (Å²) in [5.74, 6) is 0. The lowest BCUT2D eigenvalue weighted by molar-refractivity contribution is 0.383. The second kappa shape index (κ2) is 2.70. The van der Waals surface area contributed by atoms with Crippen molar-refractivity contribution in [1.29, 1.82) is 0 Å². The van der Waals surface area contributed by atoms with Gasteiger partial charge in [0.15, 0.2) is 0 Å². The summed E-state index contributed by atoms with van der Waals surface area (Å²) in [6.45, 7) is 0. The minimum Gasteiger partial charge on any atom is -0.468 e. The van der Waals surface area contributed by atoms with Gasteiger partial charge in [0.1, 0.15) is 9.21 Å². The molecule has 1 aromatic rings. The number of hydrogen-bond donors (Lipinski definition) is 1. The number of aromatic amines is 1. The first-order valence-electron chi connectivity index (χ1n) is 2.19. The fraction of sp³-hybridized carbons (Fsp3) is 0.250. The molecule has 0 amide bonds. The molecule has 5 heteroatoms. The highest BCUT2D eigenvalue weighted by Crippen LogP contribution is 2.22. The van der Waals surface area contributed by atoms with Crippen LogP contribution in [0.15, 0.2) is 9.21 Å². The summed E-state index contributed by atoms with van der Waals surface area (Å²) < 4.78 is 6.30. The first-order valence-corrected chi connectivity index (χ1v) is 3.77. The van der Waals surface area contributed by atoms with Gasteiger partial charge in [0.05, 0.1) is 7.11 Å². The number of nitrogens with one attached hydrogen (secondary N) is 1. The lowest BCUT2D eigenvalue weighted by Gasteiger charge is -1.86. The Labute approximate surface area is 69.1 Å². The van der Waals surface area contributed by atoms with Gasteiger partial charge in [-0.1, -0.05) is 0 Å². The summed E-state index contributed by atoms with van der Waals surface area (Å²) >= 11 is 6.40. The molecule has 1 N–H and O–H groups in total. The Morgan fingerprint density at radius 3 is 2.44 bits per heavy atom. The van der Waals surface area contributed by atoms with Crippen LogP contribution in [0.1, 0.15) is 0 Å². The van der Waals surface area contributed by atoms with Gasteiger partial charge in [-0.25, -0.2) is 0 Å². The van der Waals surface area contributed by atoms with Crippen molar-refractivity contribution in [2.75, 3.05) is 7.11 Å². The van der Waals surface area contributed by atoms with Crippen molar-refractivity contribution in [3.63, 3.8) is 0 Å². The Morgan fingerprint density at radius 1 is 1.56 bits per heavy atom. The lowest BCUT2D eigenvalue weighted by Crippen LogP contribution is -1.82. The first-order chi connectivity index (χ1) is 4.24. The molecular weight excluding hydrogens is 252 g/mol. The van der Waals surface area contributed by atoms with Gasteiger partial charge in [-0.15, -0.1) is 0 Å². The highest BCUT2D eigenvalue weighted by molar-refractivity contribution is 9.13. The maximum absolute atomic E-state index is 4.79. The van der Waals surface area contributed by atoms with Crippen LogP contribution < -0.4 is 4.74 Å². The standard InChI is InChI=1S/C4H4Br2N2O/c1-9-4-7-2(5)3(6)8-4/h1H3,(H,7,8). The van der Waals surface area contributed by atoms with E-state index in [0.717, 1.165) is 9.21 Å². The van der Waals surface area contributed by atoms with E-state index < -0.39 is 0 Å². The summed E-state index contributed by atoms with van der Waals surface area (Å²) in [5.41, 5.74) is 0. The second-order valence-electron chi connectivity index (χ2n) is 1.35. The molecule has 0 unspecified atom stereocenters. The summed E-state index contributed by atoms with van der Waals surface area (Å²) in [4.78, 5) is 6.75. The molecule has 3 nitrogen and oxygen atoms in total. The van der Waals surface area contributed by atoms with E-state index in [0.29, 0.717) is 6.01 Å². The molecule has 0 fully saturated rings. The average molecular weight is 256 g/mol. The molecule has 1 aromatic heterocycles. The summed E-state index contributed by atoms with van der Waals surface area (Å²) in [5, 5.41) is 0. The molecule has 0 aromatic carbocycles. The molecule has 0 radical (unpaired) electrons. The summed E-state index contributed by atoms with van der Waals surface area (Å²) in [6, 6.07) is 0.494. The van der Waals surface area contributed by atoms with Crippen LogP contribution >= 0.6 is 31.9 Å². The van der Waals surface area contributed by atoms with Gasteiger partial charge < -0.3 is 9.72 Å². The third-order valence-corrected chi connectivity index (χ3v) is 2.47. The monoisotopic (exact) mass is 254 g/mol. The van der Waals surface area contributed by atoms with Gasteiger partial charge in [-0.05, 0) is 31.9 Å². The topological polar surface area (TPSA) is 37.9 Å². The van der Waals surface area contributed by atoms with Crippen LogP contribution in [-0.4, -0.2) is 17.1 Å². The number of halogens is 2. The van der Waals surface area contributed by atoms with E-state index in [1.165, 1.54) is 0 Å². The van der Waals surface area contributed by atoms with Crippen molar-refractivity contribution in [2.24, 2.45) is 0 Å². The smallest absolute Gasteiger partial charge is 0.295 e. The molecule has 0 saturated carbocycles. The van der Waals surface area contributed by atoms with Gasteiger partial charge in [0, 0.05) is 0 Å². The van der Waals surface area contributed by atoms with Gasteiger partial charge >= 0.3 is 0 Å². The fourth-order valence-corrected chi connectivity index (χ4v) is 0.927. The van der Waals surface area contributed by atoms with Crippen LogP contribution in [0.4, 0.5) is 0 Å². The molecule has 0 bridgehead atoms. The zero-order chi connectivity index (χ0) is 6.85. The molecule has 9 heavy (non-hydrogen) atoms. The molecule has 0 spiro atoms. The molecular formula is C4H4Br2N2O. The number of aromatic nitrogens is 2. The molecule has 0 aliphatic heterocycles. The molecule has 0 saturated heterocycles. The number of H-pyrrole nitrogens is 1. The van der Waals surface area contributed by atoms with E-state index in [-0.39, 0.29) is 0 Å². The third-order valence-electron chi connectivity index (χ3n) is 0.791. The number of hydrogen-bond acceptors (Lipinski definition) is 2. The van der Waals surface area contributed by atoms with E-state index in [1.807, 2.05) is 0 Å². The first kappa shape index (κ1) is 7.08. The quantitative estimate of drug-likeness (QED) is 0.833. The van der Waals surface area contributed by atoms with Crippen molar-refractivity contribution in [2.45, 2.75) is 0 Å². The van der Waals surface area contributed by atoms with Crippen molar-refractivity contribution < 1.29 is 4.74 Å². The maximum atomic E-state index is 4.79. The van der Waals surface area contributed by atoms with Crippen molar-refractivity contribution in [1.82, 2.24) is 9.97 Å². The van der Waals surface area contributed by atoms with Crippen molar-refractivity contribution in [3.8, 4) is 6.01 Å². The predicted octanol–water partition coefficient (Wildman–Crippen LogP) is 1.94. The SMILES string of the molecule is COc1nc(Br)c(Br)[nH]1. The Hall–Kier alpha value is -0.0300. The summed E-state index contributed by atoms with van der Waals surface area (Å²) in [6.07, 6.45) is 0. The maximum Gasteiger partial charge on any atom is 0.295 e. The number of ether oxygens (including phenoxy) is 1. The van der Waals surface area contributed by atoms with Crippen LogP contribution in [-0.2, 0) is 0 Å². The zero-order valence-corrected chi connectivity index (χ0v) is 7.78. The van der Waals surface area contributed by atoms with Crippen LogP contribution in [0.25, 0.3) is 0 Å². The Balaban J connectivity index is 2.98. The molecule has 0 atom stereocenters. The highest BCUT2D eigenvalue weighted by atomic mass is 79.9. The van der Waals surface area contributed by atoms with Crippen LogP contribution in [0.3, 0.4) is 0 Å². The fourth-order valence-electron chi connectivity index (χ4n) is 0.408. The zero-order valence-electron chi connectivity index (χ0n) is 4.61. The predicted molar refractivity (Wildman–Crippen MR) is 40.5 cm³/mol. The highest BCUT2D eigenvalue weighted by Gasteiger charge is 2.02. The van der Waals surface area contributed by atoms with E-state index in [2.05, 4.69) is 41.8 Å². The Morgan fingerprint density at radius 2 is 2.22 bits per heavy atom. The van der Waals surface area contributed by atoms with E-state index >= 15 is 0 Å². The minimum atomic E-state index is 0.494. The van der Waals surface area contributed by atoms with Crippen LogP contribution in [0.2, 0.25) is 0 Å². The largest absolute Gasteiger partial charge is 0.468 e. The van der Waals surface area contributed by atoms with Gasteiger partial charge in [0.2, 0.25) is 0 Å². The Bertz CT molecular complexity index is 191. The van der Waals surface area contributed by atoms with E-state index in [9.17, 15) is 0 Å². The lowest BCUT2D eigenvalue weighted by atomic mass is 11.0. The third kappa shape index (κ3) is 1.46. The molecule has 0 aliphatic carbocycles. The van der Waals surface area contributed by atoms with E-state index in [1.54, 1.807) is 7.11 Å². The van der Waals surface area contributed by atoms with Crippen molar-refractivity contribution in [3.05, 3.63) is 9.21 Å². The normalized spacial score (nSPS) is 9.67. The van der Waals surface area contributed by atoms with Crippen LogP contribution in [0, 0.1) is 0 Å². The number of methoxy groups -OCH3 is 1. The summed E-state index contributed by atoms with van der Waals surface area (Å²) in [7, 11) is 1.55. The number of nitrogens with zero attached hydrogens (tertiary/aromatic N) is 1. The van der Waals surface area contributed by atoms with Gasteiger partial charge in [-0.3, -0.25) is 0 Å². The average Bonchev–Trinajstić information content (AvgIpc) is 2.13. The molecule has 1 rings (SSSR count). The Kier molecular flexibility index (Phi) is 2.13. The number of rotatable bonds is 1. The minimum absolute atomic E-state index is 0.494. The van der Waals surface area contributed by atoms with E-state index in [4.69, 9.17) is 4.74 Å². The van der Waals surface area contributed by atoms with Gasteiger partial charge in [-0.2, -0.15) is 4.98 Å². The van der Waals surface area contributed by atoms with Gasteiger partial charge in [0.25, 0.3) is 6.01 Å². The molecule has 1 heterocycles. The molecule has 50 valence electrons. The molecule has 0 aliphatic rings.